The van der Waals surface area contributed by atoms with Crippen LogP contribution < -0.4 is 11.1 Å². The topological polar surface area (TPSA) is 50.9 Å². The Balaban J connectivity index is 2.18. The number of pyridine rings is 1. The van der Waals surface area contributed by atoms with Crippen LogP contribution in [0.1, 0.15) is 18.5 Å². The van der Waals surface area contributed by atoms with Gasteiger partial charge in [0.15, 0.2) is 0 Å². The van der Waals surface area contributed by atoms with E-state index in [2.05, 4.69) is 26.2 Å². The Morgan fingerprint density at radius 1 is 1.39 bits per heavy atom. The predicted molar refractivity (Wildman–Crippen MR) is 79.8 cm³/mol. The molecule has 2 aromatic rings. The summed E-state index contributed by atoms with van der Waals surface area (Å²) in [4.78, 5) is 4.25. The summed E-state index contributed by atoms with van der Waals surface area (Å²) in [6.07, 6.45) is 1.71. The molecule has 1 atom stereocenters. The summed E-state index contributed by atoms with van der Waals surface area (Å²) in [6, 6.07) is 9.62. The molecule has 0 saturated heterocycles. The number of nitrogens with zero attached hydrogens (tertiary/aromatic N) is 1. The fourth-order valence-corrected chi connectivity index (χ4v) is 2.19. The first-order chi connectivity index (χ1) is 8.56. The SMILES string of the molecule is CC(Nc1ncc(Br)cc1N)c1cccc(Cl)c1. The lowest BCUT2D eigenvalue weighted by atomic mass is 10.1. The van der Waals surface area contributed by atoms with Crippen LogP contribution in [-0.2, 0) is 0 Å². The lowest BCUT2D eigenvalue weighted by Crippen LogP contribution is -2.09. The monoisotopic (exact) mass is 325 g/mol. The Labute approximate surface area is 119 Å². The van der Waals surface area contributed by atoms with Crippen molar-refractivity contribution in [2.45, 2.75) is 13.0 Å². The molecule has 18 heavy (non-hydrogen) atoms. The Morgan fingerprint density at radius 3 is 2.83 bits per heavy atom. The van der Waals surface area contributed by atoms with Crippen LogP contribution in [0.3, 0.4) is 0 Å². The number of hydrogen-bond acceptors (Lipinski definition) is 3. The zero-order valence-electron chi connectivity index (χ0n) is 9.82. The molecular weight excluding hydrogens is 314 g/mol. The summed E-state index contributed by atoms with van der Waals surface area (Å²) in [6.45, 7) is 2.04. The first-order valence-corrected chi connectivity index (χ1v) is 6.66. The van der Waals surface area contributed by atoms with Crippen molar-refractivity contribution in [3.8, 4) is 0 Å². The molecule has 0 aliphatic heterocycles. The van der Waals surface area contributed by atoms with Crippen LogP contribution in [0.25, 0.3) is 0 Å². The van der Waals surface area contributed by atoms with Gasteiger partial charge in [0.2, 0.25) is 0 Å². The molecule has 0 saturated carbocycles. The van der Waals surface area contributed by atoms with E-state index < -0.39 is 0 Å². The third-order valence-electron chi connectivity index (χ3n) is 2.59. The first-order valence-electron chi connectivity index (χ1n) is 5.49. The second-order valence-corrected chi connectivity index (χ2v) is 5.36. The largest absolute Gasteiger partial charge is 0.396 e. The quantitative estimate of drug-likeness (QED) is 0.886. The Bertz CT molecular complexity index is 560. The van der Waals surface area contributed by atoms with E-state index in [1.165, 1.54) is 0 Å². The van der Waals surface area contributed by atoms with E-state index in [1.807, 2.05) is 37.3 Å². The first kappa shape index (κ1) is 13.2. The van der Waals surface area contributed by atoms with E-state index in [4.69, 9.17) is 17.3 Å². The van der Waals surface area contributed by atoms with E-state index in [1.54, 1.807) is 6.20 Å². The van der Waals surface area contributed by atoms with Crippen LogP contribution in [0.15, 0.2) is 41.0 Å². The lowest BCUT2D eigenvalue weighted by Gasteiger charge is -2.16. The van der Waals surface area contributed by atoms with Gasteiger partial charge >= 0.3 is 0 Å². The third kappa shape index (κ3) is 3.15. The molecule has 0 radical (unpaired) electrons. The molecule has 1 heterocycles. The van der Waals surface area contributed by atoms with Gasteiger partial charge in [-0.2, -0.15) is 0 Å². The molecule has 1 aromatic heterocycles. The maximum absolute atomic E-state index is 5.97. The predicted octanol–water partition coefficient (Wildman–Crippen LogP) is 4.25. The second kappa shape index (κ2) is 5.59. The molecule has 94 valence electrons. The number of aromatic nitrogens is 1. The van der Waals surface area contributed by atoms with Crippen LogP contribution in [0.5, 0.6) is 0 Å². The zero-order chi connectivity index (χ0) is 13.1. The van der Waals surface area contributed by atoms with Gasteiger partial charge in [0.25, 0.3) is 0 Å². The minimum Gasteiger partial charge on any atom is -0.396 e. The number of benzene rings is 1. The second-order valence-electron chi connectivity index (χ2n) is 4.01. The highest BCUT2D eigenvalue weighted by molar-refractivity contribution is 9.10. The van der Waals surface area contributed by atoms with Crippen LogP contribution >= 0.6 is 27.5 Å². The van der Waals surface area contributed by atoms with Gasteiger partial charge in [-0.25, -0.2) is 4.98 Å². The van der Waals surface area contributed by atoms with Crippen molar-refractivity contribution in [1.82, 2.24) is 4.98 Å². The molecular formula is C13H13BrClN3. The molecule has 0 spiro atoms. The molecule has 2 rings (SSSR count). The maximum atomic E-state index is 5.97. The molecule has 0 aliphatic carbocycles. The number of nitrogen functional groups attached to an aromatic ring is 1. The average molecular weight is 327 g/mol. The van der Waals surface area contributed by atoms with Crippen molar-refractivity contribution in [1.29, 1.82) is 0 Å². The molecule has 0 fully saturated rings. The highest BCUT2D eigenvalue weighted by Gasteiger charge is 2.08. The highest BCUT2D eigenvalue weighted by atomic mass is 79.9. The van der Waals surface area contributed by atoms with E-state index in [9.17, 15) is 0 Å². The zero-order valence-corrected chi connectivity index (χ0v) is 12.2. The Hall–Kier alpha value is -1.26. The lowest BCUT2D eigenvalue weighted by molar-refractivity contribution is 0.875. The fraction of sp³-hybridized carbons (Fsp3) is 0.154. The van der Waals surface area contributed by atoms with Crippen LogP contribution in [0.4, 0.5) is 11.5 Å². The summed E-state index contributed by atoms with van der Waals surface area (Å²) >= 11 is 9.30. The van der Waals surface area contributed by atoms with Gasteiger partial charge in [-0.3, -0.25) is 0 Å². The number of nitrogens with one attached hydrogen (secondary N) is 1. The number of nitrogens with two attached hydrogens (primary N) is 1. The Kier molecular flexibility index (Phi) is 4.09. The number of halogens is 2. The number of hydrogen-bond donors (Lipinski definition) is 2. The molecule has 1 aromatic carbocycles. The van der Waals surface area contributed by atoms with E-state index in [0.717, 1.165) is 15.1 Å². The molecule has 3 N–H and O–H groups in total. The van der Waals surface area contributed by atoms with Gasteiger partial charge in [0.05, 0.1) is 11.7 Å². The van der Waals surface area contributed by atoms with Crippen molar-refractivity contribution in [2.24, 2.45) is 0 Å². The van der Waals surface area contributed by atoms with Gasteiger partial charge in [-0.1, -0.05) is 23.7 Å². The summed E-state index contributed by atoms with van der Waals surface area (Å²) in [5, 5.41) is 3.99. The van der Waals surface area contributed by atoms with Crippen molar-refractivity contribution >= 4 is 39.0 Å². The third-order valence-corrected chi connectivity index (χ3v) is 3.25. The maximum Gasteiger partial charge on any atom is 0.149 e. The van der Waals surface area contributed by atoms with Crippen molar-refractivity contribution < 1.29 is 0 Å². The summed E-state index contributed by atoms with van der Waals surface area (Å²) in [7, 11) is 0. The average Bonchev–Trinajstić information content (AvgIpc) is 2.32. The van der Waals surface area contributed by atoms with E-state index >= 15 is 0 Å². The van der Waals surface area contributed by atoms with Crippen molar-refractivity contribution in [3.05, 3.63) is 51.6 Å². The van der Waals surface area contributed by atoms with Crippen LogP contribution in [0, 0.1) is 0 Å². The van der Waals surface area contributed by atoms with Crippen LogP contribution in [0.2, 0.25) is 5.02 Å². The van der Waals surface area contributed by atoms with Crippen LogP contribution in [-0.4, -0.2) is 4.98 Å². The summed E-state index contributed by atoms with van der Waals surface area (Å²) in [5.74, 6) is 0.672. The van der Waals surface area contributed by atoms with Crippen molar-refractivity contribution in [3.63, 3.8) is 0 Å². The van der Waals surface area contributed by atoms with Gasteiger partial charge < -0.3 is 11.1 Å². The molecule has 0 bridgehead atoms. The standard InChI is InChI=1S/C13H13BrClN3/c1-8(9-3-2-4-11(15)5-9)18-13-12(16)6-10(14)7-17-13/h2-8H,16H2,1H3,(H,17,18). The fourth-order valence-electron chi connectivity index (χ4n) is 1.64. The summed E-state index contributed by atoms with van der Waals surface area (Å²) < 4.78 is 0.862. The van der Waals surface area contributed by atoms with Gasteiger partial charge in [0, 0.05) is 15.7 Å². The van der Waals surface area contributed by atoms with Gasteiger partial charge in [-0.15, -0.1) is 0 Å². The molecule has 0 amide bonds. The van der Waals surface area contributed by atoms with Crippen molar-refractivity contribution in [2.75, 3.05) is 11.1 Å². The highest BCUT2D eigenvalue weighted by Crippen LogP contribution is 2.25. The molecule has 5 heteroatoms. The molecule has 3 nitrogen and oxygen atoms in total. The summed E-state index contributed by atoms with van der Waals surface area (Å²) in [5.41, 5.74) is 7.60. The molecule has 0 aliphatic rings. The smallest absolute Gasteiger partial charge is 0.149 e. The Morgan fingerprint density at radius 2 is 2.17 bits per heavy atom. The van der Waals surface area contributed by atoms with Gasteiger partial charge in [-0.05, 0) is 46.6 Å². The normalized spacial score (nSPS) is 12.2. The van der Waals surface area contributed by atoms with Gasteiger partial charge in [0.1, 0.15) is 5.82 Å². The van der Waals surface area contributed by atoms with E-state index in [-0.39, 0.29) is 6.04 Å². The molecule has 1 unspecified atom stereocenters. The van der Waals surface area contributed by atoms with E-state index in [0.29, 0.717) is 11.5 Å². The minimum atomic E-state index is 0.0830. The number of anilines is 2. The minimum absolute atomic E-state index is 0.0830. The number of rotatable bonds is 3.